The van der Waals surface area contributed by atoms with Crippen LogP contribution < -0.4 is 16.0 Å². The Morgan fingerprint density at radius 1 is 1.11 bits per heavy atom. The quantitative estimate of drug-likeness (QED) is 0.344. The summed E-state index contributed by atoms with van der Waals surface area (Å²) in [7, 11) is 3.87. The number of amides is 2. The van der Waals surface area contributed by atoms with Crippen molar-refractivity contribution in [2.24, 2.45) is 0 Å². The van der Waals surface area contributed by atoms with Crippen LogP contribution in [0.4, 0.5) is 23.1 Å². The average molecular weight is 534 g/mol. The maximum Gasteiger partial charge on any atom is 0.253 e. The van der Waals surface area contributed by atoms with Crippen LogP contribution >= 0.6 is 11.6 Å². The lowest BCUT2D eigenvalue weighted by Gasteiger charge is -2.33. The molecule has 0 bridgehead atoms. The fourth-order valence-corrected chi connectivity index (χ4v) is 4.22. The molecule has 0 saturated carbocycles. The van der Waals surface area contributed by atoms with Crippen LogP contribution in [0.3, 0.4) is 0 Å². The van der Waals surface area contributed by atoms with Crippen LogP contribution in [0.1, 0.15) is 23.2 Å². The number of halogens is 1. The smallest absolute Gasteiger partial charge is 0.253 e. The van der Waals surface area contributed by atoms with Crippen molar-refractivity contribution in [1.82, 2.24) is 19.8 Å². The van der Waals surface area contributed by atoms with Crippen molar-refractivity contribution < 1.29 is 9.59 Å². The minimum atomic E-state index is -0.206. The standard InChI is InChI=1S/C28H32ClN7O2/c1-35(2)16-7-11-25(37)31-22-14-12-20(13-15-22)27(38)36-17-6-10-23(19-36)33-28-30-18-24(29)26(34-28)32-21-8-4-3-5-9-21/h3-5,7-9,11-15,18,23H,6,10,16-17,19H2,1-2H3,(H,31,37)(H2,30,32,33,34)/b11-7+/t23-/m0/s1. The SMILES string of the molecule is CN(C)C/C=C/C(=O)Nc1ccc(C(=O)N2CCC[C@H](Nc3ncc(Cl)c(Nc4ccccc4)n3)C2)cc1. The van der Waals surface area contributed by atoms with Gasteiger partial charge in [-0.25, -0.2) is 4.98 Å². The van der Waals surface area contributed by atoms with Crippen molar-refractivity contribution in [3.63, 3.8) is 0 Å². The molecule has 0 unspecified atom stereocenters. The van der Waals surface area contributed by atoms with E-state index in [0.29, 0.717) is 47.7 Å². The molecule has 3 aromatic rings. The molecular weight excluding hydrogens is 502 g/mol. The third-order valence-electron chi connectivity index (χ3n) is 5.96. The van der Waals surface area contributed by atoms with E-state index >= 15 is 0 Å². The number of para-hydroxylation sites is 1. The molecule has 1 saturated heterocycles. The van der Waals surface area contributed by atoms with Gasteiger partial charge in [0.05, 0.1) is 6.20 Å². The Hall–Kier alpha value is -3.95. The van der Waals surface area contributed by atoms with Crippen LogP contribution in [-0.4, -0.2) is 71.4 Å². The summed E-state index contributed by atoms with van der Waals surface area (Å²) in [6.45, 7) is 1.89. The zero-order chi connectivity index (χ0) is 26.9. The van der Waals surface area contributed by atoms with E-state index in [1.54, 1.807) is 36.5 Å². The van der Waals surface area contributed by atoms with E-state index < -0.39 is 0 Å². The summed E-state index contributed by atoms with van der Waals surface area (Å²) in [5.74, 6) is 0.706. The van der Waals surface area contributed by atoms with E-state index in [4.69, 9.17) is 11.6 Å². The number of likely N-dealkylation sites (tertiary alicyclic amines) is 1. The number of anilines is 4. The van der Waals surface area contributed by atoms with E-state index in [-0.39, 0.29) is 17.9 Å². The summed E-state index contributed by atoms with van der Waals surface area (Å²) in [6.07, 6.45) is 6.62. The van der Waals surface area contributed by atoms with Crippen molar-refractivity contribution in [2.45, 2.75) is 18.9 Å². The fourth-order valence-electron chi connectivity index (χ4n) is 4.08. The van der Waals surface area contributed by atoms with Crippen LogP contribution in [-0.2, 0) is 4.79 Å². The highest BCUT2D eigenvalue weighted by Gasteiger charge is 2.25. The van der Waals surface area contributed by atoms with E-state index in [1.165, 1.54) is 6.08 Å². The summed E-state index contributed by atoms with van der Waals surface area (Å²) < 4.78 is 0. The number of benzene rings is 2. The molecule has 38 heavy (non-hydrogen) atoms. The first-order chi connectivity index (χ1) is 18.4. The normalized spacial score (nSPS) is 15.5. The molecule has 2 heterocycles. The van der Waals surface area contributed by atoms with Gasteiger partial charge in [-0.3, -0.25) is 9.59 Å². The van der Waals surface area contributed by atoms with E-state index in [1.807, 2.05) is 54.2 Å². The van der Waals surface area contributed by atoms with Gasteiger partial charge in [0.25, 0.3) is 5.91 Å². The van der Waals surface area contributed by atoms with Crippen molar-refractivity contribution >= 4 is 46.6 Å². The maximum absolute atomic E-state index is 13.2. The first-order valence-corrected chi connectivity index (χ1v) is 12.9. The molecule has 10 heteroatoms. The molecule has 0 aliphatic carbocycles. The van der Waals surface area contributed by atoms with Gasteiger partial charge in [0, 0.05) is 48.7 Å². The number of hydrogen-bond donors (Lipinski definition) is 3. The van der Waals surface area contributed by atoms with Crippen molar-refractivity contribution in [3.8, 4) is 0 Å². The summed E-state index contributed by atoms with van der Waals surface area (Å²) in [4.78, 5) is 37.9. The first-order valence-electron chi connectivity index (χ1n) is 12.5. The summed E-state index contributed by atoms with van der Waals surface area (Å²) in [6, 6.07) is 16.6. The number of hydrogen-bond acceptors (Lipinski definition) is 7. The number of carbonyl (C=O) groups is 2. The van der Waals surface area contributed by atoms with Gasteiger partial charge in [0.15, 0.2) is 5.82 Å². The van der Waals surface area contributed by atoms with Gasteiger partial charge in [-0.2, -0.15) is 4.98 Å². The van der Waals surface area contributed by atoms with Gasteiger partial charge >= 0.3 is 0 Å². The van der Waals surface area contributed by atoms with Crippen LogP contribution in [0.15, 0.2) is 72.9 Å². The zero-order valence-electron chi connectivity index (χ0n) is 21.5. The molecule has 9 nitrogen and oxygen atoms in total. The summed E-state index contributed by atoms with van der Waals surface area (Å²) in [5, 5.41) is 9.79. The van der Waals surface area contributed by atoms with Gasteiger partial charge in [0.2, 0.25) is 11.9 Å². The number of likely N-dealkylation sites (N-methyl/N-ethyl adjacent to an activating group) is 1. The summed E-state index contributed by atoms with van der Waals surface area (Å²) >= 11 is 6.30. The van der Waals surface area contributed by atoms with Gasteiger partial charge in [-0.05, 0) is 63.3 Å². The second kappa shape index (κ2) is 13.0. The largest absolute Gasteiger partial charge is 0.350 e. The van der Waals surface area contributed by atoms with E-state index in [0.717, 1.165) is 18.5 Å². The Balaban J connectivity index is 1.34. The Kier molecular flexibility index (Phi) is 9.29. The van der Waals surface area contributed by atoms with Crippen molar-refractivity contribution in [3.05, 3.63) is 83.5 Å². The topological polar surface area (TPSA) is 102 Å². The predicted molar refractivity (Wildman–Crippen MR) is 152 cm³/mol. The highest BCUT2D eigenvalue weighted by molar-refractivity contribution is 6.32. The van der Waals surface area contributed by atoms with Gasteiger partial charge < -0.3 is 25.8 Å². The predicted octanol–water partition coefficient (Wildman–Crippen LogP) is 4.65. The first kappa shape index (κ1) is 27.1. The minimum absolute atomic E-state index is 0.00552. The van der Waals surface area contributed by atoms with Crippen LogP contribution in [0.5, 0.6) is 0 Å². The monoisotopic (exact) mass is 533 g/mol. The number of nitrogens with zero attached hydrogens (tertiary/aromatic N) is 4. The molecule has 1 aliphatic rings. The Labute approximate surface area is 227 Å². The molecule has 1 aromatic heterocycles. The van der Waals surface area contributed by atoms with Gasteiger partial charge in [0.1, 0.15) is 5.02 Å². The molecular formula is C28H32ClN7O2. The highest BCUT2D eigenvalue weighted by atomic mass is 35.5. The Morgan fingerprint density at radius 2 is 1.87 bits per heavy atom. The molecule has 198 valence electrons. The molecule has 0 spiro atoms. The molecule has 4 rings (SSSR count). The van der Waals surface area contributed by atoms with Crippen LogP contribution in [0, 0.1) is 0 Å². The minimum Gasteiger partial charge on any atom is -0.350 e. The number of carbonyl (C=O) groups excluding carboxylic acids is 2. The molecule has 2 aromatic carbocycles. The second-order valence-electron chi connectivity index (χ2n) is 9.35. The third kappa shape index (κ3) is 7.77. The number of piperidine rings is 1. The summed E-state index contributed by atoms with van der Waals surface area (Å²) in [5.41, 5.74) is 2.09. The van der Waals surface area contributed by atoms with Gasteiger partial charge in [-0.15, -0.1) is 0 Å². The number of nitrogens with one attached hydrogen (secondary N) is 3. The van der Waals surface area contributed by atoms with Crippen LogP contribution in [0.25, 0.3) is 0 Å². The molecule has 0 radical (unpaired) electrons. The molecule has 3 N–H and O–H groups in total. The molecule has 2 amide bonds. The fraction of sp³-hybridized carbons (Fsp3) is 0.286. The second-order valence-corrected chi connectivity index (χ2v) is 9.75. The lowest BCUT2D eigenvalue weighted by Crippen LogP contribution is -2.45. The van der Waals surface area contributed by atoms with E-state index in [2.05, 4.69) is 25.9 Å². The van der Waals surface area contributed by atoms with Crippen molar-refractivity contribution in [1.29, 1.82) is 0 Å². The van der Waals surface area contributed by atoms with Crippen LogP contribution in [0.2, 0.25) is 5.02 Å². The Bertz CT molecular complexity index is 1270. The number of aromatic nitrogens is 2. The van der Waals surface area contributed by atoms with Gasteiger partial charge in [-0.1, -0.05) is 35.9 Å². The molecule has 1 aliphatic heterocycles. The highest BCUT2D eigenvalue weighted by Crippen LogP contribution is 2.25. The van der Waals surface area contributed by atoms with E-state index in [9.17, 15) is 9.59 Å². The lowest BCUT2D eigenvalue weighted by atomic mass is 10.0. The van der Waals surface area contributed by atoms with Crippen molar-refractivity contribution in [2.75, 3.05) is 49.7 Å². The maximum atomic E-state index is 13.2. The molecule has 1 atom stereocenters. The number of rotatable bonds is 9. The Morgan fingerprint density at radius 3 is 2.61 bits per heavy atom. The zero-order valence-corrected chi connectivity index (χ0v) is 22.3. The third-order valence-corrected chi connectivity index (χ3v) is 6.24. The average Bonchev–Trinajstić information content (AvgIpc) is 2.91. The lowest BCUT2D eigenvalue weighted by molar-refractivity contribution is -0.111. The molecule has 1 fully saturated rings.